The third-order valence-corrected chi connectivity index (χ3v) is 3.15. The van der Waals surface area contributed by atoms with Crippen molar-refractivity contribution in [1.82, 2.24) is 0 Å². The summed E-state index contributed by atoms with van der Waals surface area (Å²) in [6.45, 7) is 3.76. The lowest BCUT2D eigenvalue weighted by Crippen LogP contribution is -2.32. The van der Waals surface area contributed by atoms with Crippen LogP contribution in [-0.2, 0) is 4.79 Å². The van der Waals surface area contributed by atoms with Gasteiger partial charge in [0, 0.05) is 11.8 Å². The van der Waals surface area contributed by atoms with Crippen LogP contribution in [-0.4, -0.2) is 12.0 Å². The Hall–Kier alpha value is -2.43. The molecule has 0 aliphatic heterocycles. The summed E-state index contributed by atoms with van der Waals surface area (Å²) in [5.74, 6) is -1.79. The minimum Gasteiger partial charge on any atom is -0.481 e. The van der Waals surface area contributed by atoms with Crippen LogP contribution < -0.4 is 10.1 Å². The van der Waals surface area contributed by atoms with E-state index in [0.29, 0.717) is 12.2 Å². The lowest BCUT2D eigenvalue weighted by Gasteiger charge is -2.17. The number of carbonyl (C=O) groups excluding carboxylic acids is 1. The first-order chi connectivity index (χ1) is 10.5. The summed E-state index contributed by atoms with van der Waals surface area (Å²) >= 11 is 0. The second-order valence-electron chi connectivity index (χ2n) is 4.95. The molecule has 0 heterocycles. The minimum atomic E-state index is -1.01. The van der Waals surface area contributed by atoms with Gasteiger partial charge in [0.2, 0.25) is 0 Å². The molecule has 0 aliphatic carbocycles. The summed E-state index contributed by atoms with van der Waals surface area (Å²) in [6.07, 6.45) is -0.264. The Morgan fingerprint density at radius 3 is 2.41 bits per heavy atom. The van der Waals surface area contributed by atoms with Crippen LogP contribution in [0.3, 0.4) is 0 Å². The highest BCUT2D eigenvalue weighted by molar-refractivity contribution is 5.94. The zero-order valence-electron chi connectivity index (χ0n) is 12.4. The second kappa shape index (κ2) is 7.02. The molecule has 1 amide bonds. The summed E-state index contributed by atoms with van der Waals surface area (Å²) in [7, 11) is 0. The van der Waals surface area contributed by atoms with Gasteiger partial charge >= 0.3 is 0 Å². The van der Waals surface area contributed by atoms with E-state index in [1.54, 1.807) is 12.1 Å². The Morgan fingerprint density at radius 2 is 1.82 bits per heavy atom. The molecule has 0 bridgehead atoms. The standard InChI is InChI=1S/C17H17F2NO2/c1-3-16(22-13-7-4-11(2)5-8-13)17(21)20-12-6-9-14(18)15(19)10-12/h4-10,16H,3H2,1-2H3,(H,20,21)/t16-/m1/s1. The van der Waals surface area contributed by atoms with Crippen molar-refractivity contribution in [2.24, 2.45) is 0 Å². The molecule has 0 aromatic heterocycles. The number of amides is 1. The number of ether oxygens (including phenoxy) is 1. The number of halogens is 2. The van der Waals surface area contributed by atoms with Crippen molar-refractivity contribution in [2.45, 2.75) is 26.4 Å². The van der Waals surface area contributed by atoms with Crippen molar-refractivity contribution < 1.29 is 18.3 Å². The van der Waals surface area contributed by atoms with Gasteiger partial charge in [-0.25, -0.2) is 8.78 Å². The van der Waals surface area contributed by atoms with Gasteiger partial charge in [0.25, 0.3) is 5.91 Å². The van der Waals surface area contributed by atoms with Gasteiger partial charge in [0.1, 0.15) is 5.75 Å². The number of benzene rings is 2. The van der Waals surface area contributed by atoms with E-state index in [2.05, 4.69) is 5.32 Å². The van der Waals surface area contributed by atoms with Crippen LogP contribution in [0.25, 0.3) is 0 Å². The van der Waals surface area contributed by atoms with Gasteiger partial charge < -0.3 is 10.1 Å². The molecule has 2 rings (SSSR count). The second-order valence-corrected chi connectivity index (χ2v) is 4.95. The third-order valence-electron chi connectivity index (χ3n) is 3.15. The Kier molecular flexibility index (Phi) is 5.09. The van der Waals surface area contributed by atoms with Crippen LogP contribution in [0.4, 0.5) is 14.5 Å². The first-order valence-electron chi connectivity index (χ1n) is 6.99. The fraction of sp³-hybridized carbons (Fsp3) is 0.235. The van der Waals surface area contributed by atoms with Crippen molar-refractivity contribution in [3.05, 3.63) is 59.7 Å². The summed E-state index contributed by atoms with van der Waals surface area (Å²) in [6, 6.07) is 10.5. The third kappa shape index (κ3) is 4.04. The molecule has 0 fully saturated rings. The van der Waals surface area contributed by atoms with E-state index in [4.69, 9.17) is 4.74 Å². The predicted molar refractivity (Wildman–Crippen MR) is 80.9 cm³/mol. The molecule has 0 aliphatic rings. The number of hydrogen-bond donors (Lipinski definition) is 1. The highest BCUT2D eigenvalue weighted by atomic mass is 19.2. The van der Waals surface area contributed by atoms with Crippen molar-refractivity contribution in [3.63, 3.8) is 0 Å². The fourth-order valence-electron chi connectivity index (χ4n) is 1.90. The van der Waals surface area contributed by atoms with E-state index >= 15 is 0 Å². The monoisotopic (exact) mass is 305 g/mol. The van der Waals surface area contributed by atoms with Crippen molar-refractivity contribution in [1.29, 1.82) is 0 Å². The summed E-state index contributed by atoms with van der Waals surface area (Å²) in [4.78, 5) is 12.2. The van der Waals surface area contributed by atoms with Crippen LogP contribution in [0.15, 0.2) is 42.5 Å². The molecule has 116 valence electrons. The number of anilines is 1. The van der Waals surface area contributed by atoms with Crippen LogP contribution in [0, 0.1) is 18.6 Å². The van der Waals surface area contributed by atoms with Gasteiger partial charge in [-0.1, -0.05) is 24.6 Å². The molecular formula is C17H17F2NO2. The average Bonchev–Trinajstić information content (AvgIpc) is 2.50. The van der Waals surface area contributed by atoms with Gasteiger partial charge in [-0.3, -0.25) is 4.79 Å². The van der Waals surface area contributed by atoms with Crippen LogP contribution in [0.1, 0.15) is 18.9 Å². The molecule has 0 saturated heterocycles. The summed E-state index contributed by atoms with van der Waals surface area (Å²) < 4.78 is 31.6. The van der Waals surface area contributed by atoms with E-state index in [1.807, 2.05) is 26.0 Å². The maximum Gasteiger partial charge on any atom is 0.265 e. The predicted octanol–water partition coefficient (Wildman–Crippen LogP) is 4.07. The van der Waals surface area contributed by atoms with Crippen molar-refractivity contribution >= 4 is 11.6 Å². The number of nitrogens with one attached hydrogen (secondary N) is 1. The van der Waals surface area contributed by atoms with Crippen LogP contribution in [0.2, 0.25) is 0 Å². The normalized spacial score (nSPS) is 11.8. The molecule has 0 saturated carbocycles. The lowest BCUT2D eigenvalue weighted by molar-refractivity contribution is -0.122. The number of hydrogen-bond acceptors (Lipinski definition) is 2. The van der Waals surface area contributed by atoms with Gasteiger partial charge in [-0.15, -0.1) is 0 Å². The Labute approximate surface area is 127 Å². The topological polar surface area (TPSA) is 38.3 Å². The molecular weight excluding hydrogens is 288 g/mol. The Morgan fingerprint density at radius 1 is 1.14 bits per heavy atom. The van der Waals surface area contributed by atoms with Gasteiger partial charge in [-0.05, 0) is 37.6 Å². The van der Waals surface area contributed by atoms with Crippen LogP contribution >= 0.6 is 0 Å². The maximum atomic E-state index is 13.1. The smallest absolute Gasteiger partial charge is 0.265 e. The minimum absolute atomic E-state index is 0.190. The van der Waals surface area contributed by atoms with Gasteiger partial charge in [0.05, 0.1) is 0 Å². The van der Waals surface area contributed by atoms with E-state index in [-0.39, 0.29) is 5.69 Å². The molecule has 0 radical (unpaired) electrons. The highest BCUT2D eigenvalue weighted by Gasteiger charge is 2.19. The first-order valence-corrected chi connectivity index (χ1v) is 6.99. The molecule has 2 aromatic carbocycles. The Balaban J connectivity index is 2.04. The zero-order valence-corrected chi connectivity index (χ0v) is 12.4. The molecule has 2 aromatic rings. The number of carbonyl (C=O) groups is 1. The van der Waals surface area contributed by atoms with Crippen molar-refractivity contribution in [2.75, 3.05) is 5.32 Å². The summed E-state index contributed by atoms with van der Waals surface area (Å²) in [5, 5.41) is 2.52. The van der Waals surface area contributed by atoms with E-state index in [1.165, 1.54) is 6.07 Å². The van der Waals surface area contributed by atoms with Crippen LogP contribution in [0.5, 0.6) is 5.75 Å². The summed E-state index contributed by atoms with van der Waals surface area (Å²) in [5.41, 5.74) is 1.28. The molecule has 3 nitrogen and oxygen atoms in total. The van der Waals surface area contributed by atoms with E-state index in [0.717, 1.165) is 17.7 Å². The van der Waals surface area contributed by atoms with Gasteiger partial charge in [0.15, 0.2) is 17.7 Å². The molecule has 1 N–H and O–H groups in total. The SMILES string of the molecule is CC[C@@H](Oc1ccc(C)cc1)C(=O)Nc1ccc(F)c(F)c1. The zero-order chi connectivity index (χ0) is 16.1. The highest BCUT2D eigenvalue weighted by Crippen LogP contribution is 2.17. The van der Waals surface area contributed by atoms with E-state index in [9.17, 15) is 13.6 Å². The molecule has 5 heteroatoms. The fourth-order valence-corrected chi connectivity index (χ4v) is 1.90. The largest absolute Gasteiger partial charge is 0.481 e. The number of aryl methyl sites for hydroxylation is 1. The van der Waals surface area contributed by atoms with E-state index < -0.39 is 23.6 Å². The molecule has 22 heavy (non-hydrogen) atoms. The number of rotatable bonds is 5. The average molecular weight is 305 g/mol. The first kappa shape index (κ1) is 15.9. The van der Waals surface area contributed by atoms with Gasteiger partial charge in [-0.2, -0.15) is 0 Å². The quantitative estimate of drug-likeness (QED) is 0.904. The maximum absolute atomic E-state index is 13.1. The lowest BCUT2D eigenvalue weighted by atomic mass is 10.2. The molecule has 0 unspecified atom stereocenters. The molecule has 1 atom stereocenters. The Bertz CT molecular complexity index is 656. The molecule has 0 spiro atoms. The van der Waals surface area contributed by atoms with Crippen molar-refractivity contribution in [3.8, 4) is 5.75 Å².